The number of β-lactam (4-membered cyclic amide) rings is 1. The first-order valence-electron chi connectivity index (χ1n) is 8.29. The van der Waals surface area contributed by atoms with Crippen molar-refractivity contribution in [2.75, 3.05) is 0 Å². The predicted octanol–water partition coefficient (Wildman–Crippen LogP) is 4.55. The molecule has 0 aromatic heterocycles. The van der Waals surface area contributed by atoms with Crippen LogP contribution in [0.1, 0.15) is 28.7 Å². The molecule has 24 heavy (non-hydrogen) atoms. The topological polar surface area (TPSA) is 20.3 Å². The molecule has 1 fully saturated rings. The summed E-state index contributed by atoms with van der Waals surface area (Å²) in [5.41, 5.74) is 3.46. The predicted molar refractivity (Wildman–Crippen MR) is 95.4 cm³/mol. The molecule has 0 radical (unpaired) electrons. The Bertz CT molecular complexity index is 814. The molecule has 3 aromatic carbocycles. The van der Waals surface area contributed by atoms with Crippen molar-refractivity contribution in [1.82, 2.24) is 4.90 Å². The van der Waals surface area contributed by atoms with Crippen LogP contribution in [-0.2, 0) is 11.3 Å². The van der Waals surface area contributed by atoms with E-state index in [1.165, 1.54) is 11.1 Å². The van der Waals surface area contributed by atoms with Gasteiger partial charge in [-0.3, -0.25) is 4.79 Å². The molecular formula is C22H19NO. The highest BCUT2D eigenvalue weighted by atomic mass is 16.2. The smallest absolute Gasteiger partial charge is 0.233 e. The Hall–Kier alpha value is -2.87. The highest BCUT2D eigenvalue weighted by molar-refractivity contribution is 5.91. The lowest BCUT2D eigenvalue weighted by Crippen LogP contribution is -2.52. The second-order valence-electron chi connectivity index (χ2n) is 6.20. The molecule has 2 nitrogen and oxygen atoms in total. The number of hydrogen-bond acceptors (Lipinski definition) is 1. The minimum Gasteiger partial charge on any atom is -0.330 e. The van der Waals surface area contributed by atoms with E-state index in [9.17, 15) is 4.79 Å². The van der Waals surface area contributed by atoms with E-state index in [4.69, 9.17) is 0 Å². The number of rotatable bonds is 4. The maximum atomic E-state index is 12.9. The van der Waals surface area contributed by atoms with Crippen molar-refractivity contribution in [3.63, 3.8) is 0 Å². The minimum atomic E-state index is -0.0858. The molecule has 3 aromatic rings. The molecule has 0 bridgehead atoms. The standard InChI is InChI=1S/C22H19NO/c24-22-20(18-12-6-2-7-13-18)21(19-14-8-3-9-15-19)23(22)16-17-10-4-1-5-11-17/h1-15,20-21H,16H2. The first-order valence-corrected chi connectivity index (χ1v) is 8.29. The Kier molecular flexibility index (Phi) is 3.87. The van der Waals surface area contributed by atoms with E-state index in [1.54, 1.807) is 0 Å². The van der Waals surface area contributed by atoms with Gasteiger partial charge in [0.05, 0.1) is 12.0 Å². The van der Waals surface area contributed by atoms with E-state index in [2.05, 4.69) is 36.4 Å². The summed E-state index contributed by atoms with van der Waals surface area (Å²) in [6.45, 7) is 0.655. The average molecular weight is 313 g/mol. The number of carbonyl (C=O) groups excluding carboxylic acids is 1. The summed E-state index contributed by atoms with van der Waals surface area (Å²) in [6, 6.07) is 30.7. The molecule has 0 saturated carbocycles. The molecule has 0 aliphatic carbocycles. The van der Waals surface area contributed by atoms with Gasteiger partial charge in [-0.15, -0.1) is 0 Å². The number of carbonyl (C=O) groups is 1. The van der Waals surface area contributed by atoms with Crippen LogP contribution in [-0.4, -0.2) is 10.8 Å². The molecule has 0 N–H and O–H groups in total. The van der Waals surface area contributed by atoms with Crippen LogP contribution in [0.2, 0.25) is 0 Å². The second-order valence-corrected chi connectivity index (χ2v) is 6.20. The van der Waals surface area contributed by atoms with Crippen LogP contribution in [0.5, 0.6) is 0 Å². The van der Waals surface area contributed by atoms with Crippen molar-refractivity contribution in [2.45, 2.75) is 18.5 Å². The summed E-state index contributed by atoms with van der Waals surface area (Å²) >= 11 is 0. The fourth-order valence-corrected chi connectivity index (χ4v) is 3.51. The van der Waals surface area contributed by atoms with Gasteiger partial charge in [-0.05, 0) is 16.7 Å². The van der Waals surface area contributed by atoms with Crippen LogP contribution in [0.3, 0.4) is 0 Å². The van der Waals surface area contributed by atoms with E-state index < -0.39 is 0 Å². The number of amides is 1. The summed E-state index contributed by atoms with van der Waals surface area (Å²) in [5, 5.41) is 0. The molecule has 2 heteroatoms. The number of nitrogens with zero attached hydrogens (tertiary/aromatic N) is 1. The average Bonchev–Trinajstić information content (AvgIpc) is 2.66. The zero-order chi connectivity index (χ0) is 16.4. The van der Waals surface area contributed by atoms with Gasteiger partial charge in [-0.25, -0.2) is 0 Å². The molecule has 0 spiro atoms. The first kappa shape index (κ1) is 14.7. The molecule has 1 amide bonds. The lowest BCUT2D eigenvalue weighted by molar-refractivity contribution is -0.151. The second kappa shape index (κ2) is 6.32. The quantitative estimate of drug-likeness (QED) is 0.647. The monoisotopic (exact) mass is 313 g/mol. The minimum absolute atomic E-state index is 0.0858. The third-order valence-electron chi connectivity index (χ3n) is 4.70. The summed E-state index contributed by atoms with van der Waals surface area (Å²) in [5.74, 6) is 0.121. The Labute approximate surface area is 142 Å². The summed E-state index contributed by atoms with van der Waals surface area (Å²) in [6.07, 6.45) is 0. The van der Waals surface area contributed by atoms with Crippen LogP contribution in [0.15, 0.2) is 91.0 Å². The zero-order valence-electron chi connectivity index (χ0n) is 13.4. The summed E-state index contributed by atoms with van der Waals surface area (Å²) in [4.78, 5) is 14.9. The number of benzene rings is 3. The first-order chi connectivity index (χ1) is 11.8. The molecular weight excluding hydrogens is 294 g/mol. The van der Waals surface area contributed by atoms with Gasteiger partial charge in [0.15, 0.2) is 0 Å². The van der Waals surface area contributed by atoms with Crippen molar-refractivity contribution >= 4 is 5.91 Å². The van der Waals surface area contributed by atoms with Gasteiger partial charge in [0.25, 0.3) is 0 Å². The van der Waals surface area contributed by atoms with Gasteiger partial charge in [0.1, 0.15) is 0 Å². The van der Waals surface area contributed by atoms with E-state index in [-0.39, 0.29) is 17.9 Å². The highest BCUT2D eigenvalue weighted by Gasteiger charge is 2.48. The zero-order valence-corrected chi connectivity index (χ0v) is 13.4. The fourth-order valence-electron chi connectivity index (χ4n) is 3.51. The molecule has 1 aliphatic heterocycles. The van der Waals surface area contributed by atoms with Crippen molar-refractivity contribution in [3.8, 4) is 0 Å². The van der Waals surface area contributed by atoms with E-state index in [1.807, 2.05) is 59.5 Å². The van der Waals surface area contributed by atoms with Crippen molar-refractivity contribution in [3.05, 3.63) is 108 Å². The lowest BCUT2D eigenvalue weighted by Gasteiger charge is -2.48. The maximum absolute atomic E-state index is 12.9. The van der Waals surface area contributed by atoms with Crippen LogP contribution < -0.4 is 0 Å². The molecule has 2 atom stereocenters. The Morgan fingerprint density at radius 2 is 1.17 bits per heavy atom. The highest BCUT2D eigenvalue weighted by Crippen LogP contribution is 2.47. The SMILES string of the molecule is O=C1C(c2ccccc2)C(c2ccccc2)N1Cc1ccccc1. The van der Waals surface area contributed by atoms with E-state index in [0.29, 0.717) is 6.54 Å². The van der Waals surface area contributed by atoms with Crippen LogP contribution in [0.4, 0.5) is 0 Å². The summed E-state index contributed by atoms with van der Waals surface area (Å²) in [7, 11) is 0. The van der Waals surface area contributed by atoms with Gasteiger partial charge in [-0.1, -0.05) is 91.0 Å². The van der Waals surface area contributed by atoms with Crippen LogP contribution in [0, 0.1) is 0 Å². The Balaban J connectivity index is 1.68. The van der Waals surface area contributed by atoms with Gasteiger partial charge in [0.2, 0.25) is 5.91 Å². The molecule has 1 aliphatic rings. The normalized spacial score (nSPS) is 19.8. The number of likely N-dealkylation sites (tertiary alicyclic amines) is 1. The van der Waals surface area contributed by atoms with Crippen molar-refractivity contribution < 1.29 is 4.79 Å². The largest absolute Gasteiger partial charge is 0.330 e. The lowest BCUT2D eigenvalue weighted by atomic mass is 9.77. The Morgan fingerprint density at radius 3 is 1.75 bits per heavy atom. The van der Waals surface area contributed by atoms with Crippen molar-refractivity contribution in [2.24, 2.45) is 0 Å². The van der Waals surface area contributed by atoms with E-state index in [0.717, 1.165) is 5.56 Å². The molecule has 1 saturated heterocycles. The van der Waals surface area contributed by atoms with Gasteiger partial charge in [0, 0.05) is 6.54 Å². The van der Waals surface area contributed by atoms with Crippen LogP contribution in [0.25, 0.3) is 0 Å². The number of hydrogen-bond donors (Lipinski definition) is 0. The third-order valence-corrected chi connectivity index (χ3v) is 4.70. The molecule has 4 rings (SSSR count). The molecule has 1 heterocycles. The molecule has 118 valence electrons. The summed E-state index contributed by atoms with van der Waals surface area (Å²) < 4.78 is 0. The molecule has 2 unspecified atom stereocenters. The fraction of sp³-hybridized carbons (Fsp3) is 0.136. The van der Waals surface area contributed by atoms with Crippen molar-refractivity contribution in [1.29, 1.82) is 0 Å². The van der Waals surface area contributed by atoms with Gasteiger partial charge < -0.3 is 4.90 Å². The van der Waals surface area contributed by atoms with Gasteiger partial charge in [-0.2, -0.15) is 0 Å². The third kappa shape index (κ3) is 2.61. The van der Waals surface area contributed by atoms with Gasteiger partial charge >= 0.3 is 0 Å². The van der Waals surface area contributed by atoms with E-state index >= 15 is 0 Å². The van der Waals surface area contributed by atoms with Crippen LogP contribution >= 0.6 is 0 Å². The maximum Gasteiger partial charge on any atom is 0.233 e. The Morgan fingerprint density at radius 1 is 0.667 bits per heavy atom.